The topological polar surface area (TPSA) is 93.9 Å². The molecule has 1 aliphatic heterocycles. The highest BCUT2D eigenvalue weighted by atomic mass is 32.2. The molecular formula is C18H21NO6S. The van der Waals surface area contributed by atoms with E-state index < -0.39 is 15.5 Å². The molecule has 1 aromatic carbocycles. The maximum absolute atomic E-state index is 12.3. The Bertz CT molecular complexity index is 994. The van der Waals surface area contributed by atoms with Crippen molar-refractivity contribution in [3.05, 3.63) is 40.2 Å². The molecule has 0 bridgehead atoms. The molecule has 7 nitrogen and oxygen atoms in total. The number of carbonyl (C=O) groups excluding carboxylic acids is 1. The smallest absolute Gasteiger partial charge is 0.336 e. The fourth-order valence-electron chi connectivity index (χ4n) is 3.12. The molecule has 0 saturated carbocycles. The molecule has 1 aromatic heterocycles. The van der Waals surface area contributed by atoms with Gasteiger partial charge in [-0.05, 0) is 30.5 Å². The first kappa shape index (κ1) is 18.4. The number of ether oxygens (including phenoxy) is 1. The number of fused-ring (bicyclic) bond motifs is 1. The van der Waals surface area contributed by atoms with E-state index in [9.17, 15) is 18.0 Å². The van der Waals surface area contributed by atoms with E-state index >= 15 is 0 Å². The van der Waals surface area contributed by atoms with E-state index in [1.54, 1.807) is 25.2 Å². The third-order valence-corrected chi connectivity index (χ3v) is 6.44. The second-order valence-corrected chi connectivity index (χ2v) is 8.68. The van der Waals surface area contributed by atoms with Crippen molar-refractivity contribution in [2.75, 3.05) is 25.2 Å². The summed E-state index contributed by atoms with van der Waals surface area (Å²) in [5.74, 6) is 0.223. The van der Waals surface area contributed by atoms with Gasteiger partial charge in [-0.2, -0.15) is 0 Å². The molecule has 1 saturated heterocycles. The zero-order valence-corrected chi connectivity index (χ0v) is 15.5. The molecule has 2 heterocycles. The van der Waals surface area contributed by atoms with Crippen LogP contribution in [0.5, 0.6) is 5.75 Å². The molecular weight excluding hydrogens is 358 g/mol. The minimum atomic E-state index is -3.05. The lowest BCUT2D eigenvalue weighted by molar-refractivity contribution is -0.133. The van der Waals surface area contributed by atoms with Crippen molar-refractivity contribution in [2.24, 2.45) is 0 Å². The van der Waals surface area contributed by atoms with Crippen molar-refractivity contribution in [3.8, 4) is 5.75 Å². The lowest BCUT2D eigenvalue weighted by atomic mass is 10.1. The SMILES string of the molecule is CCc1cc(=O)oc2cc(OCC(=O)N(C)[C@H]3CCS(=O)(=O)C3)ccc12. The Balaban J connectivity index is 1.69. The Kier molecular flexibility index (Phi) is 5.04. The van der Waals surface area contributed by atoms with Crippen LogP contribution in [0.1, 0.15) is 18.9 Å². The van der Waals surface area contributed by atoms with Gasteiger partial charge in [0.05, 0.1) is 11.5 Å². The van der Waals surface area contributed by atoms with Crippen molar-refractivity contribution in [1.82, 2.24) is 4.90 Å². The molecule has 26 heavy (non-hydrogen) atoms. The fraction of sp³-hybridized carbons (Fsp3) is 0.444. The van der Waals surface area contributed by atoms with Gasteiger partial charge in [-0.25, -0.2) is 13.2 Å². The number of hydrogen-bond acceptors (Lipinski definition) is 6. The number of likely N-dealkylation sites (N-methyl/N-ethyl adjacent to an activating group) is 1. The Labute approximate surface area is 151 Å². The fourth-order valence-corrected chi connectivity index (χ4v) is 4.90. The molecule has 1 amide bonds. The quantitative estimate of drug-likeness (QED) is 0.729. The highest BCUT2D eigenvalue weighted by Gasteiger charge is 2.32. The Morgan fingerprint density at radius 2 is 2.12 bits per heavy atom. The zero-order chi connectivity index (χ0) is 18.9. The Morgan fingerprint density at radius 1 is 1.35 bits per heavy atom. The van der Waals surface area contributed by atoms with E-state index in [2.05, 4.69) is 0 Å². The predicted octanol–water partition coefficient (Wildman–Crippen LogP) is 1.38. The third kappa shape index (κ3) is 3.90. The number of nitrogens with zero attached hydrogens (tertiary/aromatic N) is 1. The molecule has 1 atom stereocenters. The maximum atomic E-state index is 12.3. The molecule has 0 radical (unpaired) electrons. The number of hydrogen-bond donors (Lipinski definition) is 0. The number of amides is 1. The van der Waals surface area contributed by atoms with Gasteiger partial charge in [-0.1, -0.05) is 6.92 Å². The van der Waals surface area contributed by atoms with Crippen molar-refractivity contribution >= 4 is 26.7 Å². The zero-order valence-electron chi connectivity index (χ0n) is 14.7. The van der Waals surface area contributed by atoms with Crippen LogP contribution < -0.4 is 10.4 Å². The normalized spacial score (nSPS) is 18.8. The van der Waals surface area contributed by atoms with Gasteiger partial charge in [0, 0.05) is 30.6 Å². The van der Waals surface area contributed by atoms with Crippen LogP contribution in [-0.4, -0.2) is 50.4 Å². The van der Waals surface area contributed by atoms with Crippen LogP contribution in [0, 0.1) is 0 Å². The van der Waals surface area contributed by atoms with Crippen molar-refractivity contribution < 1.29 is 22.4 Å². The van der Waals surface area contributed by atoms with Gasteiger partial charge in [0.25, 0.3) is 5.91 Å². The molecule has 1 fully saturated rings. The number of benzene rings is 1. The lowest BCUT2D eigenvalue weighted by Gasteiger charge is -2.23. The number of sulfone groups is 1. The van der Waals surface area contributed by atoms with E-state index in [4.69, 9.17) is 9.15 Å². The second-order valence-electron chi connectivity index (χ2n) is 6.45. The van der Waals surface area contributed by atoms with Crippen LogP contribution in [0.3, 0.4) is 0 Å². The standard InChI is InChI=1S/C18H21NO6S/c1-3-12-8-18(21)25-16-9-14(4-5-15(12)16)24-10-17(20)19(2)13-6-7-26(22,23)11-13/h4-5,8-9,13H,3,6-7,10-11H2,1-2H3/t13-/m0/s1. The van der Waals surface area contributed by atoms with E-state index in [0.717, 1.165) is 10.9 Å². The highest BCUT2D eigenvalue weighted by Crippen LogP contribution is 2.23. The Morgan fingerprint density at radius 3 is 2.77 bits per heavy atom. The predicted molar refractivity (Wildman–Crippen MR) is 97.2 cm³/mol. The summed E-state index contributed by atoms with van der Waals surface area (Å²) in [5.41, 5.74) is 0.875. The summed E-state index contributed by atoms with van der Waals surface area (Å²) in [6, 6.07) is 6.26. The summed E-state index contributed by atoms with van der Waals surface area (Å²) in [6.07, 6.45) is 1.15. The van der Waals surface area contributed by atoms with E-state index in [1.807, 2.05) is 6.92 Å². The van der Waals surface area contributed by atoms with Crippen molar-refractivity contribution in [2.45, 2.75) is 25.8 Å². The summed E-state index contributed by atoms with van der Waals surface area (Å²) in [5, 5.41) is 0.832. The van der Waals surface area contributed by atoms with Crippen LogP contribution in [0.4, 0.5) is 0 Å². The van der Waals surface area contributed by atoms with Gasteiger partial charge in [-0.15, -0.1) is 0 Å². The summed E-state index contributed by atoms with van der Waals surface area (Å²) >= 11 is 0. The maximum Gasteiger partial charge on any atom is 0.336 e. The van der Waals surface area contributed by atoms with Crippen LogP contribution in [0.15, 0.2) is 33.5 Å². The first-order valence-corrected chi connectivity index (χ1v) is 10.3. The average Bonchev–Trinajstić information content (AvgIpc) is 2.97. The number of aryl methyl sites for hydroxylation is 1. The van der Waals surface area contributed by atoms with Crippen LogP contribution in [0.25, 0.3) is 11.0 Å². The molecule has 3 rings (SSSR count). The van der Waals surface area contributed by atoms with Gasteiger partial charge >= 0.3 is 5.63 Å². The summed E-state index contributed by atoms with van der Waals surface area (Å²) in [7, 11) is -1.47. The second kappa shape index (κ2) is 7.11. The summed E-state index contributed by atoms with van der Waals surface area (Å²) in [4.78, 5) is 25.3. The van der Waals surface area contributed by atoms with Gasteiger partial charge < -0.3 is 14.1 Å². The van der Waals surface area contributed by atoms with Gasteiger partial charge in [-0.3, -0.25) is 4.79 Å². The summed E-state index contributed by atoms with van der Waals surface area (Å²) in [6.45, 7) is 1.74. The molecule has 0 N–H and O–H groups in total. The van der Waals surface area contributed by atoms with Crippen molar-refractivity contribution in [1.29, 1.82) is 0 Å². The molecule has 1 aliphatic rings. The van der Waals surface area contributed by atoms with Crippen LogP contribution in [-0.2, 0) is 21.1 Å². The molecule has 0 spiro atoms. The van der Waals surface area contributed by atoms with E-state index in [-0.39, 0.29) is 30.1 Å². The van der Waals surface area contributed by atoms with Gasteiger partial charge in [0.1, 0.15) is 11.3 Å². The first-order valence-electron chi connectivity index (χ1n) is 8.45. The van der Waals surface area contributed by atoms with E-state index in [0.29, 0.717) is 24.2 Å². The molecule has 140 valence electrons. The third-order valence-electron chi connectivity index (χ3n) is 4.69. The largest absolute Gasteiger partial charge is 0.484 e. The first-order chi connectivity index (χ1) is 12.3. The highest BCUT2D eigenvalue weighted by molar-refractivity contribution is 7.91. The van der Waals surface area contributed by atoms with Crippen LogP contribution in [0.2, 0.25) is 0 Å². The number of rotatable bonds is 5. The van der Waals surface area contributed by atoms with Crippen molar-refractivity contribution in [3.63, 3.8) is 0 Å². The minimum Gasteiger partial charge on any atom is -0.484 e. The molecule has 2 aromatic rings. The number of carbonyl (C=O) groups is 1. The van der Waals surface area contributed by atoms with Crippen LogP contribution >= 0.6 is 0 Å². The molecule has 0 aliphatic carbocycles. The Hall–Kier alpha value is -2.35. The van der Waals surface area contributed by atoms with Gasteiger partial charge in [0.2, 0.25) is 0 Å². The summed E-state index contributed by atoms with van der Waals surface area (Å²) < 4.78 is 33.8. The lowest BCUT2D eigenvalue weighted by Crippen LogP contribution is -2.40. The average molecular weight is 379 g/mol. The van der Waals surface area contributed by atoms with Gasteiger partial charge in [0.15, 0.2) is 16.4 Å². The minimum absolute atomic E-state index is 0.00380. The molecule has 8 heteroatoms. The monoisotopic (exact) mass is 379 g/mol. The molecule has 0 unspecified atom stereocenters. The van der Waals surface area contributed by atoms with E-state index in [1.165, 1.54) is 11.0 Å².